The highest BCUT2D eigenvalue weighted by Gasteiger charge is 2.44. The number of carbonyl (C=O) groups is 1. The second-order valence-electron chi connectivity index (χ2n) is 16.9. The van der Waals surface area contributed by atoms with Crippen molar-refractivity contribution in [1.29, 1.82) is 0 Å². The monoisotopic (exact) mass is 906 g/mol. The molecule has 1 aliphatic heterocycles. The van der Waals surface area contributed by atoms with Gasteiger partial charge in [-0.3, -0.25) is 4.79 Å². The van der Waals surface area contributed by atoms with Crippen molar-refractivity contribution in [2.45, 2.75) is 211 Å². The molecule has 9 nitrogen and oxygen atoms in total. The molecule has 1 rings (SSSR count). The van der Waals surface area contributed by atoms with E-state index in [1.54, 1.807) is 6.08 Å². The summed E-state index contributed by atoms with van der Waals surface area (Å²) in [5.74, 6) is -0.241. The fourth-order valence-electron chi connectivity index (χ4n) is 7.04. The molecule has 1 amide bonds. The predicted octanol–water partition coefficient (Wildman–Crippen LogP) is 11.6. The van der Waals surface area contributed by atoms with Gasteiger partial charge in [-0.1, -0.05) is 200 Å². The van der Waals surface area contributed by atoms with E-state index in [4.69, 9.17) is 9.47 Å². The number of amides is 1. The van der Waals surface area contributed by atoms with E-state index in [2.05, 4.69) is 129 Å². The van der Waals surface area contributed by atoms with Crippen LogP contribution in [0.5, 0.6) is 0 Å². The van der Waals surface area contributed by atoms with E-state index < -0.39 is 49.5 Å². The van der Waals surface area contributed by atoms with Crippen molar-refractivity contribution in [3.63, 3.8) is 0 Å². The van der Waals surface area contributed by atoms with Gasteiger partial charge in [0, 0.05) is 6.42 Å². The number of carbonyl (C=O) groups excluding carboxylic acids is 1. The number of ether oxygens (including phenoxy) is 2. The van der Waals surface area contributed by atoms with Gasteiger partial charge in [-0.05, 0) is 83.5 Å². The lowest BCUT2D eigenvalue weighted by atomic mass is 9.99. The summed E-state index contributed by atoms with van der Waals surface area (Å²) in [5.41, 5.74) is 0. The molecule has 65 heavy (non-hydrogen) atoms. The molecule has 1 heterocycles. The second-order valence-corrected chi connectivity index (χ2v) is 16.9. The van der Waals surface area contributed by atoms with Crippen molar-refractivity contribution < 1.29 is 39.8 Å². The average Bonchev–Trinajstić information content (AvgIpc) is 3.31. The first-order valence-corrected chi connectivity index (χ1v) is 25.3. The molecule has 0 aliphatic carbocycles. The van der Waals surface area contributed by atoms with Gasteiger partial charge in [-0.25, -0.2) is 0 Å². The first-order chi connectivity index (χ1) is 31.8. The maximum absolute atomic E-state index is 13.0. The molecule has 0 bridgehead atoms. The third-order valence-corrected chi connectivity index (χ3v) is 11.0. The first-order valence-electron chi connectivity index (χ1n) is 25.3. The number of aliphatic hydroxyl groups is 5. The molecule has 9 heteroatoms. The molecule has 0 spiro atoms. The van der Waals surface area contributed by atoms with Crippen molar-refractivity contribution >= 4 is 5.91 Å². The molecular weight excluding hydrogens is 815 g/mol. The molecule has 0 saturated carbocycles. The summed E-state index contributed by atoms with van der Waals surface area (Å²) < 4.78 is 11.2. The molecule has 368 valence electrons. The van der Waals surface area contributed by atoms with Crippen LogP contribution in [-0.4, -0.2) is 87.5 Å². The summed E-state index contributed by atoms with van der Waals surface area (Å²) in [5, 5.41) is 54.2. The number of hydrogen-bond acceptors (Lipinski definition) is 8. The molecule has 1 fully saturated rings. The van der Waals surface area contributed by atoms with Crippen molar-refractivity contribution in [3.05, 3.63) is 122 Å². The Morgan fingerprint density at radius 1 is 0.538 bits per heavy atom. The van der Waals surface area contributed by atoms with Crippen LogP contribution < -0.4 is 5.32 Å². The highest BCUT2D eigenvalue weighted by atomic mass is 16.7. The zero-order valence-electron chi connectivity index (χ0n) is 40.4. The largest absolute Gasteiger partial charge is 0.394 e. The minimum absolute atomic E-state index is 0.220. The van der Waals surface area contributed by atoms with Gasteiger partial charge in [-0.2, -0.15) is 0 Å². The maximum atomic E-state index is 13.0. The Morgan fingerprint density at radius 2 is 0.954 bits per heavy atom. The summed E-state index contributed by atoms with van der Waals surface area (Å²) >= 11 is 0. The number of rotatable bonds is 40. The lowest BCUT2D eigenvalue weighted by Crippen LogP contribution is -2.60. The molecule has 0 aromatic carbocycles. The topological polar surface area (TPSA) is 149 Å². The molecule has 0 radical (unpaired) electrons. The van der Waals surface area contributed by atoms with Gasteiger partial charge in [-0.15, -0.1) is 0 Å². The van der Waals surface area contributed by atoms with Crippen molar-refractivity contribution in [3.8, 4) is 0 Å². The van der Waals surface area contributed by atoms with Crippen LogP contribution in [0.15, 0.2) is 122 Å². The third-order valence-electron chi connectivity index (χ3n) is 11.0. The van der Waals surface area contributed by atoms with Crippen molar-refractivity contribution in [1.82, 2.24) is 5.32 Å². The Balaban J connectivity index is 2.34. The van der Waals surface area contributed by atoms with Gasteiger partial charge in [0.1, 0.15) is 24.4 Å². The molecule has 6 N–H and O–H groups in total. The summed E-state index contributed by atoms with van der Waals surface area (Å²) in [6.45, 7) is 3.60. The zero-order chi connectivity index (χ0) is 47.3. The Labute approximate surface area is 395 Å². The van der Waals surface area contributed by atoms with Gasteiger partial charge in [0.25, 0.3) is 0 Å². The van der Waals surface area contributed by atoms with E-state index in [0.717, 1.165) is 83.5 Å². The van der Waals surface area contributed by atoms with E-state index in [1.807, 2.05) is 6.08 Å². The quantitative estimate of drug-likeness (QED) is 0.0263. The maximum Gasteiger partial charge on any atom is 0.220 e. The summed E-state index contributed by atoms with van der Waals surface area (Å²) in [4.78, 5) is 13.0. The second kappa shape index (κ2) is 44.4. The van der Waals surface area contributed by atoms with Crippen LogP contribution in [0.1, 0.15) is 168 Å². The SMILES string of the molecule is CC/C=C\C/C=C\C/C=C\C/C=C\C/C=C\C/C=C\C/C=C\C/C=C\C/C=C\CCCC(=O)NC(COC1OC(CO)C(O)C(O)C1O)C(O)/C=C/CCCCCCCCCCCCC. The van der Waals surface area contributed by atoms with Crippen LogP contribution in [0.2, 0.25) is 0 Å². The fraction of sp³-hybridized carbons (Fsp3) is 0.625. The Bertz CT molecular complexity index is 1420. The van der Waals surface area contributed by atoms with Crippen LogP contribution in [0.4, 0.5) is 0 Å². The number of nitrogens with one attached hydrogen (secondary N) is 1. The van der Waals surface area contributed by atoms with Gasteiger partial charge in [0.05, 0.1) is 25.4 Å². The normalized spacial score (nSPS) is 21.0. The van der Waals surface area contributed by atoms with E-state index in [1.165, 1.54) is 57.8 Å². The van der Waals surface area contributed by atoms with E-state index >= 15 is 0 Å². The Kier molecular flexibility index (Phi) is 40.7. The standard InChI is InChI=1S/C56H91NO8/c1-3-5-7-9-11-13-15-17-18-19-20-21-22-23-24-25-26-27-28-29-30-31-32-34-36-38-40-42-44-46-52(60)57-49(48-64-56-55(63)54(62)53(61)51(47-58)65-56)50(59)45-43-41-39-37-35-33-16-14-12-10-8-6-4-2/h5,7,11,13,17-18,20-21,23-24,26-27,29-30,32,34,38,40,43,45,49-51,53-56,58-59,61-63H,3-4,6,8-10,12,14-16,19,22,25,28,31,33,35-37,39,41-42,44,46-48H2,1-2H3,(H,57,60)/b7-5-,13-11-,18-17-,21-20-,24-23-,27-26-,30-29-,34-32-,40-38-,45-43+. The molecule has 7 unspecified atom stereocenters. The van der Waals surface area contributed by atoms with Crippen LogP contribution in [-0.2, 0) is 14.3 Å². The van der Waals surface area contributed by atoms with E-state index in [9.17, 15) is 30.3 Å². The van der Waals surface area contributed by atoms with E-state index in [0.29, 0.717) is 6.42 Å². The summed E-state index contributed by atoms with van der Waals surface area (Å²) in [6, 6.07) is -0.844. The Morgan fingerprint density at radius 3 is 1.40 bits per heavy atom. The molecule has 1 saturated heterocycles. The first kappa shape index (κ1) is 59.6. The number of unbranched alkanes of at least 4 members (excludes halogenated alkanes) is 12. The van der Waals surface area contributed by atoms with Crippen molar-refractivity contribution in [2.24, 2.45) is 0 Å². The van der Waals surface area contributed by atoms with Gasteiger partial charge < -0.3 is 40.3 Å². The molecule has 7 atom stereocenters. The Hall–Kier alpha value is -3.41. The number of hydrogen-bond donors (Lipinski definition) is 6. The fourth-order valence-corrected chi connectivity index (χ4v) is 7.04. The van der Waals surface area contributed by atoms with Gasteiger partial charge >= 0.3 is 0 Å². The third kappa shape index (κ3) is 34.5. The molecule has 0 aromatic rings. The lowest BCUT2D eigenvalue weighted by Gasteiger charge is -2.40. The van der Waals surface area contributed by atoms with Crippen LogP contribution in [0.25, 0.3) is 0 Å². The van der Waals surface area contributed by atoms with Crippen LogP contribution in [0.3, 0.4) is 0 Å². The average molecular weight is 906 g/mol. The smallest absolute Gasteiger partial charge is 0.220 e. The zero-order valence-corrected chi connectivity index (χ0v) is 40.4. The summed E-state index contributed by atoms with van der Waals surface area (Å²) in [7, 11) is 0. The lowest BCUT2D eigenvalue weighted by molar-refractivity contribution is -0.302. The summed E-state index contributed by atoms with van der Waals surface area (Å²) in [6.07, 6.45) is 59.6. The molecule has 0 aromatic heterocycles. The molecule has 1 aliphatic rings. The highest BCUT2D eigenvalue weighted by molar-refractivity contribution is 5.76. The van der Waals surface area contributed by atoms with Crippen LogP contribution >= 0.6 is 0 Å². The van der Waals surface area contributed by atoms with E-state index in [-0.39, 0.29) is 18.9 Å². The highest BCUT2D eigenvalue weighted by Crippen LogP contribution is 2.22. The van der Waals surface area contributed by atoms with Gasteiger partial charge in [0.15, 0.2) is 6.29 Å². The minimum atomic E-state index is -1.58. The number of allylic oxidation sites excluding steroid dienone is 19. The van der Waals surface area contributed by atoms with Crippen molar-refractivity contribution in [2.75, 3.05) is 13.2 Å². The predicted molar refractivity (Wildman–Crippen MR) is 271 cm³/mol. The van der Waals surface area contributed by atoms with Gasteiger partial charge in [0.2, 0.25) is 5.91 Å². The number of aliphatic hydroxyl groups excluding tert-OH is 5. The minimum Gasteiger partial charge on any atom is -0.394 e. The van der Waals surface area contributed by atoms with Crippen LogP contribution in [0, 0.1) is 0 Å². The molecular formula is C56H91NO8.